The average Bonchev–Trinajstić information content (AvgIpc) is 2.79. The van der Waals surface area contributed by atoms with Gasteiger partial charge in [-0.2, -0.15) is 8.78 Å². The Labute approximate surface area is 185 Å². The quantitative estimate of drug-likeness (QED) is 0.400. The minimum atomic E-state index is -2.79. The van der Waals surface area contributed by atoms with Gasteiger partial charge in [-0.25, -0.2) is 0 Å². The first-order chi connectivity index (χ1) is 15.1. The van der Waals surface area contributed by atoms with Crippen LogP contribution in [-0.4, -0.2) is 11.6 Å². The molecule has 2 nitrogen and oxygen atoms in total. The van der Waals surface area contributed by atoms with Crippen LogP contribution in [0.15, 0.2) is 36.4 Å². The number of fused-ring (bicyclic) bond motifs is 1. The Hall–Kier alpha value is -1.97. The van der Waals surface area contributed by atoms with Crippen molar-refractivity contribution in [2.45, 2.75) is 84.2 Å². The van der Waals surface area contributed by atoms with Crippen LogP contribution in [0.2, 0.25) is 0 Å². The minimum Gasteiger partial charge on any atom is -0.435 e. The standard InChI is InChI=1S/C27H35F2NO/c1-2-3-4-5-19-6-8-20(9-7-19)22-12-16-26-23(18-22)13-17-25(30-26)21-10-14-24(15-11-21)31-27(28)29/h10-11,13-15,17,19-20,22,27H,2-9,12,16,18H2,1H3. The van der Waals surface area contributed by atoms with Crippen molar-refractivity contribution in [3.63, 3.8) is 0 Å². The predicted octanol–water partition coefficient (Wildman–Crippen LogP) is 7.84. The Morgan fingerprint density at radius 3 is 2.42 bits per heavy atom. The fourth-order valence-electron chi connectivity index (χ4n) is 5.64. The second-order valence-electron chi connectivity index (χ2n) is 9.48. The molecule has 0 spiro atoms. The van der Waals surface area contributed by atoms with Crippen LogP contribution in [0.4, 0.5) is 8.78 Å². The zero-order chi connectivity index (χ0) is 21.6. The number of alkyl halides is 2. The smallest absolute Gasteiger partial charge is 0.387 e. The zero-order valence-electron chi connectivity index (χ0n) is 18.7. The third-order valence-electron chi connectivity index (χ3n) is 7.45. The molecule has 2 aromatic rings. The first-order valence-electron chi connectivity index (χ1n) is 12.2. The molecule has 1 unspecified atom stereocenters. The van der Waals surface area contributed by atoms with Gasteiger partial charge in [-0.05, 0) is 85.8 Å². The number of halogens is 2. The van der Waals surface area contributed by atoms with Crippen molar-refractivity contribution in [1.29, 1.82) is 0 Å². The molecule has 0 N–H and O–H groups in total. The number of hydrogen-bond acceptors (Lipinski definition) is 2. The summed E-state index contributed by atoms with van der Waals surface area (Å²) in [5.41, 5.74) is 4.47. The summed E-state index contributed by atoms with van der Waals surface area (Å²) in [6, 6.07) is 11.1. The topological polar surface area (TPSA) is 22.1 Å². The fourth-order valence-corrected chi connectivity index (χ4v) is 5.64. The summed E-state index contributed by atoms with van der Waals surface area (Å²) >= 11 is 0. The number of nitrogens with zero attached hydrogens (tertiary/aromatic N) is 1. The molecule has 4 rings (SSSR count). The molecule has 0 saturated heterocycles. The third kappa shape index (κ3) is 5.84. The monoisotopic (exact) mass is 427 g/mol. The van der Waals surface area contributed by atoms with Crippen molar-refractivity contribution in [1.82, 2.24) is 4.98 Å². The number of ether oxygens (including phenoxy) is 1. The number of aromatic nitrogens is 1. The lowest BCUT2D eigenvalue weighted by Gasteiger charge is -2.36. The van der Waals surface area contributed by atoms with Gasteiger partial charge in [-0.3, -0.25) is 4.98 Å². The molecule has 1 aromatic carbocycles. The van der Waals surface area contributed by atoms with Crippen molar-refractivity contribution < 1.29 is 13.5 Å². The second-order valence-corrected chi connectivity index (χ2v) is 9.48. The van der Waals surface area contributed by atoms with E-state index < -0.39 is 6.61 Å². The van der Waals surface area contributed by atoms with Gasteiger partial charge in [0.1, 0.15) is 5.75 Å². The summed E-state index contributed by atoms with van der Waals surface area (Å²) in [5, 5.41) is 0. The van der Waals surface area contributed by atoms with E-state index in [9.17, 15) is 8.78 Å². The number of hydrogen-bond donors (Lipinski definition) is 0. The summed E-state index contributed by atoms with van der Waals surface area (Å²) in [4.78, 5) is 4.92. The van der Waals surface area contributed by atoms with Crippen molar-refractivity contribution in [3.8, 4) is 17.0 Å². The Morgan fingerprint density at radius 2 is 1.71 bits per heavy atom. The van der Waals surface area contributed by atoms with Crippen LogP contribution in [-0.2, 0) is 12.8 Å². The van der Waals surface area contributed by atoms with E-state index in [-0.39, 0.29) is 5.75 Å². The van der Waals surface area contributed by atoms with Gasteiger partial charge in [0.2, 0.25) is 0 Å². The molecule has 31 heavy (non-hydrogen) atoms. The minimum absolute atomic E-state index is 0.180. The molecule has 2 aliphatic carbocycles. The molecule has 2 aliphatic rings. The highest BCUT2D eigenvalue weighted by Gasteiger charge is 2.30. The maximum atomic E-state index is 12.3. The lowest BCUT2D eigenvalue weighted by molar-refractivity contribution is -0.0498. The van der Waals surface area contributed by atoms with E-state index in [1.165, 1.54) is 69.0 Å². The highest BCUT2D eigenvalue weighted by Crippen LogP contribution is 2.40. The molecule has 0 radical (unpaired) electrons. The molecule has 1 fully saturated rings. The summed E-state index contributed by atoms with van der Waals surface area (Å²) in [6.45, 7) is -0.506. The normalized spacial score (nSPS) is 23.5. The van der Waals surface area contributed by atoms with Gasteiger partial charge in [0.05, 0.1) is 5.69 Å². The highest BCUT2D eigenvalue weighted by atomic mass is 19.3. The van der Waals surface area contributed by atoms with E-state index in [0.717, 1.165) is 41.9 Å². The molecule has 1 heterocycles. The largest absolute Gasteiger partial charge is 0.435 e. The number of pyridine rings is 1. The molecule has 0 bridgehead atoms. The van der Waals surface area contributed by atoms with Crippen LogP contribution >= 0.6 is 0 Å². The summed E-state index contributed by atoms with van der Waals surface area (Å²) in [6.07, 6.45) is 14.7. The van der Waals surface area contributed by atoms with E-state index >= 15 is 0 Å². The average molecular weight is 428 g/mol. The molecule has 4 heteroatoms. The predicted molar refractivity (Wildman–Crippen MR) is 121 cm³/mol. The first-order valence-corrected chi connectivity index (χ1v) is 12.2. The molecular formula is C27H35F2NO. The Bertz CT molecular complexity index is 828. The van der Waals surface area contributed by atoms with E-state index in [2.05, 4.69) is 23.8 Å². The van der Waals surface area contributed by atoms with Gasteiger partial charge >= 0.3 is 6.61 Å². The fraction of sp³-hybridized carbons (Fsp3) is 0.593. The van der Waals surface area contributed by atoms with Crippen LogP contribution in [0.3, 0.4) is 0 Å². The van der Waals surface area contributed by atoms with Crippen LogP contribution in [0, 0.1) is 17.8 Å². The van der Waals surface area contributed by atoms with Crippen LogP contribution in [0.1, 0.15) is 76.0 Å². The molecule has 1 saturated carbocycles. The van der Waals surface area contributed by atoms with Crippen molar-refractivity contribution in [2.24, 2.45) is 17.8 Å². The van der Waals surface area contributed by atoms with Gasteiger partial charge in [0.25, 0.3) is 0 Å². The van der Waals surface area contributed by atoms with Crippen molar-refractivity contribution >= 4 is 0 Å². The van der Waals surface area contributed by atoms with E-state index in [0.29, 0.717) is 0 Å². The van der Waals surface area contributed by atoms with E-state index in [4.69, 9.17) is 4.98 Å². The lowest BCUT2D eigenvalue weighted by Crippen LogP contribution is -2.27. The SMILES string of the molecule is CCCCCC1CCC(C2CCc3nc(-c4ccc(OC(F)F)cc4)ccc3C2)CC1. The van der Waals surface area contributed by atoms with Gasteiger partial charge in [-0.1, -0.05) is 51.5 Å². The van der Waals surface area contributed by atoms with Gasteiger partial charge < -0.3 is 4.74 Å². The van der Waals surface area contributed by atoms with E-state index in [1.54, 1.807) is 24.3 Å². The molecule has 168 valence electrons. The Balaban J connectivity index is 1.33. The zero-order valence-corrected chi connectivity index (χ0v) is 18.7. The molecular weight excluding hydrogens is 392 g/mol. The van der Waals surface area contributed by atoms with E-state index in [1.807, 2.05) is 0 Å². The molecule has 0 aliphatic heterocycles. The molecule has 0 amide bonds. The van der Waals surface area contributed by atoms with Crippen LogP contribution in [0.5, 0.6) is 5.75 Å². The van der Waals surface area contributed by atoms with Gasteiger partial charge in [0, 0.05) is 11.3 Å². The summed E-state index contributed by atoms with van der Waals surface area (Å²) in [5.74, 6) is 2.85. The number of unbranched alkanes of at least 4 members (excludes halogenated alkanes) is 2. The summed E-state index contributed by atoms with van der Waals surface area (Å²) < 4.78 is 29.1. The van der Waals surface area contributed by atoms with Gasteiger partial charge in [0.15, 0.2) is 0 Å². The highest BCUT2D eigenvalue weighted by molar-refractivity contribution is 5.60. The molecule has 1 aromatic heterocycles. The third-order valence-corrected chi connectivity index (χ3v) is 7.45. The number of aryl methyl sites for hydroxylation is 1. The lowest BCUT2D eigenvalue weighted by atomic mass is 9.70. The Morgan fingerprint density at radius 1 is 0.935 bits per heavy atom. The maximum absolute atomic E-state index is 12.3. The van der Waals surface area contributed by atoms with Crippen LogP contribution in [0.25, 0.3) is 11.3 Å². The van der Waals surface area contributed by atoms with Gasteiger partial charge in [-0.15, -0.1) is 0 Å². The maximum Gasteiger partial charge on any atom is 0.387 e. The summed E-state index contributed by atoms with van der Waals surface area (Å²) in [7, 11) is 0. The second kappa shape index (κ2) is 10.6. The Kier molecular flexibility index (Phi) is 7.58. The van der Waals surface area contributed by atoms with Crippen LogP contribution < -0.4 is 4.74 Å². The number of rotatable bonds is 8. The van der Waals surface area contributed by atoms with Crippen molar-refractivity contribution in [3.05, 3.63) is 47.7 Å². The molecule has 1 atom stereocenters. The number of benzene rings is 1. The first kappa shape index (κ1) is 22.2. The van der Waals surface area contributed by atoms with Crippen molar-refractivity contribution in [2.75, 3.05) is 0 Å².